The molecule has 0 bridgehead atoms. The van der Waals surface area contributed by atoms with Gasteiger partial charge in [0.1, 0.15) is 11.4 Å². The third-order valence-electron chi connectivity index (χ3n) is 2.19. The Balaban J connectivity index is 2.33. The van der Waals surface area contributed by atoms with E-state index in [1.54, 1.807) is 6.07 Å². The first-order valence-electron chi connectivity index (χ1n) is 4.96. The molecule has 0 aliphatic heterocycles. The Morgan fingerprint density at radius 3 is 2.72 bits per heavy atom. The molecule has 0 saturated heterocycles. The Morgan fingerprint density at radius 2 is 2.06 bits per heavy atom. The molecule has 6 nitrogen and oxygen atoms in total. The topological polar surface area (TPSA) is 101 Å². The van der Waals surface area contributed by atoms with Crippen molar-refractivity contribution in [1.82, 2.24) is 10.2 Å². The minimum absolute atomic E-state index is 0.103. The highest BCUT2D eigenvalue weighted by Crippen LogP contribution is 2.19. The number of hydrogen-bond donors (Lipinski definition) is 3. The van der Waals surface area contributed by atoms with Gasteiger partial charge in [-0.25, -0.2) is 9.18 Å². The van der Waals surface area contributed by atoms with Crippen LogP contribution in [0.3, 0.4) is 0 Å². The van der Waals surface area contributed by atoms with Crippen LogP contribution in [0.15, 0.2) is 30.3 Å². The van der Waals surface area contributed by atoms with Gasteiger partial charge >= 0.3 is 5.97 Å². The molecule has 2 aromatic rings. The maximum absolute atomic E-state index is 13.4. The SMILES string of the molecule is Nc1nnc(Nc2ccccc2F)cc1C(=O)O. The number of carboxylic acids is 1. The second-order valence-electron chi connectivity index (χ2n) is 3.44. The van der Waals surface area contributed by atoms with Crippen LogP contribution in [0.4, 0.5) is 21.7 Å². The van der Waals surface area contributed by atoms with Crippen LogP contribution in [0, 0.1) is 5.82 Å². The minimum Gasteiger partial charge on any atom is -0.478 e. The molecular formula is C11H9FN4O2. The van der Waals surface area contributed by atoms with Crippen LogP contribution in [0.25, 0.3) is 0 Å². The molecule has 92 valence electrons. The predicted molar refractivity (Wildman–Crippen MR) is 63.1 cm³/mol. The van der Waals surface area contributed by atoms with Crippen molar-refractivity contribution in [2.24, 2.45) is 0 Å². The molecular weight excluding hydrogens is 239 g/mol. The van der Waals surface area contributed by atoms with Crippen LogP contribution >= 0.6 is 0 Å². The van der Waals surface area contributed by atoms with Crippen molar-refractivity contribution < 1.29 is 14.3 Å². The van der Waals surface area contributed by atoms with Crippen molar-refractivity contribution in [1.29, 1.82) is 0 Å². The van der Waals surface area contributed by atoms with E-state index in [2.05, 4.69) is 15.5 Å². The van der Waals surface area contributed by atoms with Gasteiger partial charge in [0.15, 0.2) is 11.6 Å². The number of halogens is 1. The quantitative estimate of drug-likeness (QED) is 0.763. The van der Waals surface area contributed by atoms with Crippen LogP contribution in [0.2, 0.25) is 0 Å². The third kappa shape index (κ3) is 2.34. The van der Waals surface area contributed by atoms with Gasteiger partial charge < -0.3 is 16.2 Å². The first-order chi connectivity index (χ1) is 8.58. The summed E-state index contributed by atoms with van der Waals surface area (Å²) in [6, 6.07) is 7.13. The number of aromatic nitrogens is 2. The highest BCUT2D eigenvalue weighted by atomic mass is 19.1. The number of nitrogens with one attached hydrogen (secondary N) is 1. The second kappa shape index (κ2) is 4.66. The van der Waals surface area contributed by atoms with Crippen molar-refractivity contribution in [3.8, 4) is 0 Å². The van der Waals surface area contributed by atoms with Gasteiger partial charge in [-0.15, -0.1) is 10.2 Å². The maximum atomic E-state index is 13.4. The molecule has 0 fully saturated rings. The summed E-state index contributed by atoms with van der Waals surface area (Å²) in [7, 11) is 0. The zero-order valence-corrected chi connectivity index (χ0v) is 9.09. The summed E-state index contributed by atoms with van der Waals surface area (Å²) in [5.74, 6) is -1.79. The van der Waals surface area contributed by atoms with E-state index in [-0.39, 0.29) is 22.9 Å². The van der Waals surface area contributed by atoms with Gasteiger partial charge in [-0.2, -0.15) is 0 Å². The molecule has 7 heteroatoms. The number of anilines is 3. The lowest BCUT2D eigenvalue weighted by molar-refractivity contribution is 0.0697. The van der Waals surface area contributed by atoms with Gasteiger partial charge in [-0.05, 0) is 12.1 Å². The van der Waals surface area contributed by atoms with Crippen molar-refractivity contribution in [3.63, 3.8) is 0 Å². The van der Waals surface area contributed by atoms with E-state index in [9.17, 15) is 9.18 Å². The zero-order chi connectivity index (χ0) is 13.1. The van der Waals surface area contributed by atoms with Crippen molar-refractivity contribution in [2.45, 2.75) is 0 Å². The number of nitrogens with two attached hydrogens (primary N) is 1. The number of carboxylic acid groups (broad SMARTS) is 1. The molecule has 2 rings (SSSR count). The maximum Gasteiger partial charge on any atom is 0.339 e. The average Bonchev–Trinajstić information content (AvgIpc) is 2.34. The summed E-state index contributed by atoms with van der Waals surface area (Å²) in [4.78, 5) is 10.8. The van der Waals surface area contributed by atoms with Gasteiger partial charge in [0, 0.05) is 6.07 Å². The standard InChI is InChI=1S/C11H9FN4O2/c12-7-3-1-2-4-8(7)14-9-5-6(11(17)18)10(13)16-15-9/h1-5H,(H2,13,16)(H,14,15)(H,17,18). The summed E-state index contributed by atoms with van der Waals surface area (Å²) in [5, 5.41) is 18.6. The summed E-state index contributed by atoms with van der Waals surface area (Å²) < 4.78 is 13.4. The molecule has 0 atom stereocenters. The predicted octanol–water partition coefficient (Wildman–Crippen LogP) is 1.64. The number of para-hydroxylation sites is 1. The van der Waals surface area contributed by atoms with Crippen molar-refractivity contribution in [3.05, 3.63) is 41.7 Å². The lowest BCUT2D eigenvalue weighted by atomic mass is 10.2. The fourth-order valence-electron chi connectivity index (χ4n) is 1.33. The first-order valence-corrected chi connectivity index (χ1v) is 4.96. The summed E-state index contributed by atoms with van der Waals surface area (Å²) in [6.45, 7) is 0. The lowest BCUT2D eigenvalue weighted by Crippen LogP contribution is -2.08. The van der Waals surface area contributed by atoms with Crippen LogP contribution < -0.4 is 11.1 Å². The molecule has 18 heavy (non-hydrogen) atoms. The third-order valence-corrected chi connectivity index (χ3v) is 2.19. The van der Waals surface area contributed by atoms with Gasteiger partial charge in [0.05, 0.1) is 5.69 Å². The molecule has 0 aliphatic rings. The Hall–Kier alpha value is -2.70. The molecule has 1 aromatic carbocycles. The van der Waals surface area contributed by atoms with E-state index < -0.39 is 11.8 Å². The number of aromatic carboxylic acids is 1. The summed E-state index contributed by atoms with van der Waals surface area (Å²) in [6.07, 6.45) is 0. The van der Waals surface area contributed by atoms with Crippen LogP contribution in [0.5, 0.6) is 0 Å². The van der Waals surface area contributed by atoms with Gasteiger partial charge in [0.2, 0.25) is 0 Å². The number of nitrogen functional groups attached to an aromatic ring is 1. The van der Waals surface area contributed by atoms with E-state index in [1.807, 2.05) is 0 Å². The lowest BCUT2D eigenvalue weighted by Gasteiger charge is -2.07. The van der Waals surface area contributed by atoms with Crippen molar-refractivity contribution in [2.75, 3.05) is 11.1 Å². The fourth-order valence-corrected chi connectivity index (χ4v) is 1.33. The number of hydrogen-bond acceptors (Lipinski definition) is 5. The Labute approximate surface area is 101 Å². The molecule has 4 N–H and O–H groups in total. The van der Waals surface area contributed by atoms with Crippen LogP contribution in [-0.2, 0) is 0 Å². The largest absolute Gasteiger partial charge is 0.478 e. The van der Waals surface area contributed by atoms with E-state index in [1.165, 1.54) is 24.3 Å². The van der Waals surface area contributed by atoms with Crippen LogP contribution in [0.1, 0.15) is 10.4 Å². The number of benzene rings is 1. The normalized spacial score (nSPS) is 10.1. The second-order valence-corrected chi connectivity index (χ2v) is 3.44. The van der Waals surface area contributed by atoms with E-state index in [0.29, 0.717) is 0 Å². The van der Waals surface area contributed by atoms with Crippen LogP contribution in [-0.4, -0.2) is 21.3 Å². The average molecular weight is 248 g/mol. The monoisotopic (exact) mass is 248 g/mol. The fraction of sp³-hybridized carbons (Fsp3) is 0. The molecule has 0 saturated carbocycles. The molecule has 0 aliphatic carbocycles. The summed E-state index contributed by atoms with van der Waals surface area (Å²) >= 11 is 0. The Kier molecular flexibility index (Phi) is 3.05. The zero-order valence-electron chi connectivity index (χ0n) is 9.09. The van der Waals surface area contributed by atoms with Gasteiger partial charge in [-0.1, -0.05) is 12.1 Å². The molecule has 0 unspecified atom stereocenters. The highest BCUT2D eigenvalue weighted by Gasteiger charge is 2.12. The molecule has 0 amide bonds. The van der Waals surface area contributed by atoms with Gasteiger partial charge in [-0.3, -0.25) is 0 Å². The molecule has 0 radical (unpaired) electrons. The van der Waals surface area contributed by atoms with E-state index in [4.69, 9.17) is 10.8 Å². The smallest absolute Gasteiger partial charge is 0.339 e. The summed E-state index contributed by atoms with van der Waals surface area (Å²) in [5.41, 5.74) is 5.34. The van der Waals surface area contributed by atoms with Gasteiger partial charge in [0.25, 0.3) is 0 Å². The molecule has 1 aromatic heterocycles. The molecule has 0 spiro atoms. The number of rotatable bonds is 3. The van der Waals surface area contributed by atoms with E-state index >= 15 is 0 Å². The Morgan fingerprint density at radius 1 is 1.33 bits per heavy atom. The number of nitrogens with zero attached hydrogens (tertiary/aromatic N) is 2. The Bertz CT molecular complexity index is 603. The van der Waals surface area contributed by atoms with Crippen molar-refractivity contribution >= 4 is 23.3 Å². The first kappa shape index (κ1) is 11.8. The number of carbonyl (C=O) groups is 1. The molecule has 1 heterocycles. The van der Waals surface area contributed by atoms with E-state index in [0.717, 1.165) is 0 Å². The highest BCUT2D eigenvalue weighted by molar-refractivity contribution is 5.93. The minimum atomic E-state index is -1.22.